The Labute approximate surface area is 116 Å². The summed E-state index contributed by atoms with van der Waals surface area (Å²) in [6.45, 7) is 0.435. The lowest BCUT2D eigenvalue weighted by atomic mass is 10.3. The summed E-state index contributed by atoms with van der Waals surface area (Å²) < 4.78 is 2.42. The fourth-order valence-corrected chi connectivity index (χ4v) is 1.78. The first-order valence-corrected chi connectivity index (χ1v) is 6.63. The van der Waals surface area contributed by atoms with Crippen molar-refractivity contribution in [1.29, 1.82) is 0 Å². The largest absolute Gasteiger partial charge is 0.349 e. The number of carbonyl (C=O) groups is 1. The van der Waals surface area contributed by atoms with Crippen LogP contribution in [0.1, 0.15) is 12.8 Å². The zero-order valence-corrected chi connectivity index (χ0v) is 12.8. The topological polar surface area (TPSA) is 55.2 Å². The molecular weight excluding hydrogens is 354 g/mol. The normalized spacial score (nSPS) is 10.4. The number of carbonyl (C=O) groups excluding carboxylic acids is 1. The summed E-state index contributed by atoms with van der Waals surface area (Å²) in [6.07, 6.45) is 2.56. The van der Waals surface area contributed by atoms with E-state index in [9.17, 15) is 9.59 Å². The molecule has 1 rings (SSSR count). The molecule has 0 aliphatic heterocycles. The molecule has 1 heterocycles. The Balaban J connectivity index is 2.62. The van der Waals surface area contributed by atoms with Gasteiger partial charge in [0.05, 0.1) is 10.7 Å². The minimum Gasteiger partial charge on any atom is -0.349 e. The number of hydrogen-bond donors (Lipinski definition) is 0. The Bertz CT molecular complexity index is 471. The zero-order chi connectivity index (χ0) is 13.0. The Hall–Kier alpha value is -0.690. The number of nitrogens with zero attached hydrogens (tertiary/aromatic N) is 3. The molecule has 0 radical (unpaired) electrons. The minimum atomic E-state index is -0.198. The van der Waals surface area contributed by atoms with E-state index in [-0.39, 0.29) is 11.5 Å². The van der Waals surface area contributed by atoms with Gasteiger partial charge >= 0.3 is 0 Å². The molecule has 7 heteroatoms. The van der Waals surface area contributed by atoms with Crippen LogP contribution in [0.3, 0.4) is 0 Å². The van der Waals surface area contributed by atoms with E-state index in [1.165, 1.54) is 9.58 Å². The molecule has 0 aliphatic rings. The zero-order valence-electron chi connectivity index (χ0n) is 9.61. The number of halogens is 2. The average molecular weight is 367 g/mol. The van der Waals surface area contributed by atoms with Crippen LogP contribution in [0.15, 0.2) is 19.9 Å². The van der Waals surface area contributed by atoms with E-state index >= 15 is 0 Å². The first-order chi connectivity index (χ1) is 7.93. The number of rotatable bonds is 4. The predicted molar refractivity (Wildman–Crippen MR) is 71.8 cm³/mol. The Kier molecular flexibility index (Phi) is 5.32. The Morgan fingerprint density at radius 2 is 2.12 bits per heavy atom. The van der Waals surface area contributed by atoms with Gasteiger partial charge in [0.1, 0.15) is 4.47 Å². The van der Waals surface area contributed by atoms with Gasteiger partial charge in [0.2, 0.25) is 5.91 Å². The Morgan fingerprint density at radius 1 is 1.47 bits per heavy atom. The molecule has 1 amide bonds. The summed E-state index contributed by atoms with van der Waals surface area (Å²) >= 11 is 6.39. The highest BCUT2D eigenvalue weighted by Gasteiger charge is 2.08. The van der Waals surface area contributed by atoms with Gasteiger partial charge in [-0.15, -0.1) is 0 Å². The molecule has 1 aromatic heterocycles. The second-order valence-corrected chi connectivity index (χ2v) is 5.37. The summed E-state index contributed by atoms with van der Waals surface area (Å²) in [4.78, 5) is 24.6. The highest BCUT2D eigenvalue weighted by molar-refractivity contribution is 9.13. The van der Waals surface area contributed by atoms with E-state index in [0.29, 0.717) is 28.3 Å². The monoisotopic (exact) mass is 365 g/mol. The fraction of sp³-hybridized carbons (Fsp3) is 0.500. The van der Waals surface area contributed by atoms with Crippen molar-refractivity contribution in [2.45, 2.75) is 19.4 Å². The molecule has 0 unspecified atom stereocenters. The fourth-order valence-electron chi connectivity index (χ4n) is 1.21. The van der Waals surface area contributed by atoms with Gasteiger partial charge < -0.3 is 4.90 Å². The van der Waals surface area contributed by atoms with Gasteiger partial charge in [0, 0.05) is 27.1 Å². The quantitative estimate of drug-likeness (QED) is 0.813. The maximum atomic E-state index is 11.7. The second kappa shape index (κ2) is 6.30. The molecule has 0 aromatic carbocycles. The first-order valence-electron chi connectivity index (χ1n) is 5.04. The summed E-state index contributed by atoms with van der Waals surface area (Å²) in [5, 5.41) is 3.98. The van der Waals surface area contributed by atoms with Crippen molar-refractivity contribution in [3.8, 4) is 0 Å². The van der Waals surface area contributed by atoms with Crippen molar-refractivity contribution in [3.63, 3.8) is 0 Å². The van der Waals surface area contributed by atoms with Crippen molar-refractivity contribution in [1.82, 2.24) is 14.7 Å². The van der Waals surface area contributed by atoms with Gasteiger partial charge in [-0.1, -0.05) is 0 Å². The molecule has 94 valence electrons. The van der Waals surface area contributed by atoms with Gasteiger partial charge in [-0.05, 0) is 38.3 Å². The molecule has 5 nitrogen and oxygen atoms in total. The summed E-state index contributed by atoms with van der Waals surface area (Å²) in [5.74, 6) is 0.0502. The van der Waals surface area contributed by atoms with Crippen molar-refractivity contribution < 1.29 is 4.79 Å². The van der Waals surface area contributed by atoms with Crippen LogP contribution >= 0.6 is 31.9 Å². The highest BCUT2D eigenvalue weighted by atomic mass is 79.9. The highest BCUT2D eigenvalue weighted by Crippen LogP contribution is 2.16. The smallest absolute Gasteiger partial charge is 0.282 e. The van der Waals surface area contributed by atoms with E-state index < -0.39 is 0 Å². The third-order valence-electron chi connectivity index (χ3n) is 2.20. The van der Waals surface area contributed by atoms with E-state index in [1.807, 2.05) is 0 Å². The van der Waals surface area contributed by atoms with Gasteiger partial charge in [-0.2, -0.15) is 5.10 Å². The molecule has 0 fully saturated rings. The van der Waals surface area contributed by atoms with Crippen molar-refractivity contribution >= 4 is 37.8 Å². The van der Waals surface area contributed by atoms with E-state index in [0.717, 1.165) is 0 Å². The summed E-state index contributed by atoms with van der Waals surface area (Å²) in [5.41, 5.74) is -0.198. The molecule has 0 aliphatic carbocycles. The van der Waals surface area contributed by atoms with Crippen LogP contribution < -0.4 is 5.56 Å². The third-order valence-corrected chi connectivity index (χ3v) is 4.10. The van der Waals surface area contributed by atoms with Crippen LogP contribution in [0.5, 0.6) is 0 Å². The van der Waals surface area contributed by atoms with E-state index in [2.05, 4.69) is 37.0 Å². The minimum absolute atomic E-state index is 0.0502. The predicted octanol–water partition coefficient (Wildman–Crippen LogP) is 1.64. The lowest BCUT2D eigenvalue weighted by Crippen LogP contribution is -2.25. The first kappa shape index (κ1) is 14.4. The maximum Gasteiger partial charge on any atom is 0.282 e. The van der Waals surface area contributed by atoms with Gasteiger partial charge in [0.25, 0.3) is 5.56 Å². The van der Waals surface area contributed by atoms with Crippen molar-refractivity contribution in [3.05, 3.63) is 25.5 Å². The van der Waals surface area contributed by atoms with Gasteiger partial charge in [-0.3, -0.25) is 9.59 Å². The Morgan fingerprint density at radius 3 is 2.71 bits per heavy atom. The molecule has 0 N–H and O–H groups in total. The van der Waals surface area contributed by atoms with Gasteiger partial charge in [0.15, 0.2) is 0 Å². The van der Waals surface area contributed by atoms with Crippen LogP contribution in [-0.2, 0) is 11.3 Å². The van der Waals surface area contributed by atoms with Crippen LogP contribution in [0.2, 0.25) is 0 Å². The molecule has 0 spiro atoms. The molecular formula is C10H13Br2N3O2. The lowest BCUT2D eigenvalue weighted by Gasteiger charge is -2.10. The molecule has 0 saturated carbocycles. The van der Waals surface area contributed by atoms with Crippen LogP contribution in [0, 0.1) is 0 Å². The van der Waals surface area contributed by atoms with Crippen LogP contribution in [0.25, 0.3) is 0 Å². The number of aromatic nitrogens is 2. The van der Waals surface area contributed by atoms with E-state index in [1.54, 1.807) is 20.3 Å². The number of aryl methyl sites for hydroxylation is 1. The molecule has 17 heavy (non-hydrogen) atoms. The summed E-state index contributed by atoms with van der Waals surface area (Å²) in [7, 11) is 3.42. The van der Waals surface area contributed by atoms with E-state index in [4.69, 9.17) is 0 Å². The number of hydrogen-bond acceptors (Lipinski definition) is 3. The maximum absolute atomic E-state index is 11.7. The van der Waals surface area contributed by atoms with Crippen molar-refractivity contribution in [2.24, 2.45) is 0 Å². The molecule has 0 saturated heterocycles. The van der Waals surface area contributed by atoms with Crippen LogP contribution in [0.4, 0.5) is 0 Å². The summed E-state index contributed by atoms with van der Waals surface area (Å²) in [6, 6.07) is 0. The van der Waals surface area contributed by atoms with Crippen molar-refractivity contribution in [2.75, 3.05) is 14.1 Å². The standard InChI is InChI=1S/C10H13Br2N3O2/c1-14(2)8(16)4-3-5-15-10(17)9(12)7(11)6-13-15/h6H,3-5H2,1-2H3. The number of amides is 1. The molecule has 0 bridgehead atoms. The second-order valence-electron chi connectivity index (χ2n) is 3.73. The SMILES string of the molecule is CN(C)C(=O)CCCn1ncc(Br)c(Br)c1=O. The van der Waals surface area contributed by atoms with Gasteiger partial charge in [-0.25, -0.2) is 4.68 Å². The third kappa shape index (κ3) is 3.92. The lowest BCUT2D eigenvalue weighted by molar-refractivity contribution is -0.128. The molecule has 0 atom stereocenters. The average Bonchev–Trinajstić information content (AvgIpc) is 2.28. The molecule has 1 aromatic rings. The van der Waals surface area contributed by atoms with Crippen LogP contribution in [-0.4, -0.2) is 34.7 Å².